The summed E-state index contributed by atoms with van der Waals surface area (Å²) < 4.78 is 5.34. The number of benzene rings is 2. The highest BCUT2D eigenvalue weighted by molar-refractivity contribution is 5.91. The largest absolute Gasteiger partial charge is 0.426 e. The third-order valence-corrected chi connectivity index (χ3v) is 2.94. The number of rotatable bonds is 1. The van der Waals surface area contributed by atoms with Gasteiger partial charge in [0.15, 0.2) is 0 Å². The minimum absolute atomic E-state index is 0.198. The van der Waals surface area contributed by atoms with E-state index >= 15 is 0 Å². The standard InChI is InChI=1S/C16H12O2/c17-16-11-13-8-4-5-9-14(13)15(18-16)10-12-6-2-1-3-7-12/h1-10H,11H2/b15-10-. The van der Waals surface area contributed by atoms with Crippen LogP contribution in [0, 0.1) is 0 Å². The van der Waals surface area contributed by atoms with E-state index in [4.69, 9.17) is 4.74 Å². The van der Waals surface area contributed by atoms with Crippen LogP contribution in [0.5, 0.6) is 0 Å². The molecule has 0 fully saturated rings. The Kier molecular flexibility index (Phi) is 2.69. The summed E-state index contributed by atoms with van der Waals surface area (Å²) in [6.07, 6.45) is 2.25. The first-order valence-electron chi connectivity index (χ1n) is 5.88. The molecular weight excluding hydrogens is 224 g/mol. The number of carbonyl (C=O) groups is 1. The lowest BCUT2D eigenvalue weighted by Crippen LogP contribution is -2.15. The van der Waals surface area contributed by atoms with Gasteiger partial charge in [0.2, 0.25) is 0 Å². The molecule has 0 saturated heterocycles. The van der Waals surface area contributed by atoms with Crippen LogP contribution in [0.4, 0.5) is 0 Å². The molecule has 1 aliphatic heterocycles. The van der Waals surface area contributed by atoms with Crippen molar-refractivity contribution in [3.63, 3.8) is 0 Å². The topological polar surface area (TPSA) is 26.3 Å². The molecule has 18 heavy (non-hydrogen) atoms. The number of carbonyl (C=O) groups excluding carboxylic acids is 1. The van der Waals surface area contributed by atoms with E-state index in [1.165, 1.54) is 0 Å². The summed E-state index contributed by atoms with van der Waals surface area (Å²) in [5.41, 5.74) is 3.05. The van der Waals surface area contributed by atoms with Crippen molar-refractivity contribution in [2.75, 3.05) is 0 Å². The highest BCUT2D eigenvalue weighted by Gasteiger charge is 2.20. The van der Waals surface area contributed by atoms with Crippen LogP contribution in [0.1, 0.15) is 16.7 Å². The van der Waals surface area contributed by atoms with Crippen molar-refractivity contribution in [1.29, 1.82) is 0 Å². The highest BCUT2D eigenvalue weighted by Crippen LogP contribution is 2.28. The third-order valence-electron chi connectivity index (χ3n) is 2.94. The van der Waals surface area contributed by atoms with Gasteiger partial charge in [0, 0.05) is 5.56 Å². The Bertz CT molecular complexity index is 612. The van der Waals surface area contributed by atoms with Gasteiger partial charge in [-0.25, -0.2) is 0 Å². The highest BCUT2D eigenvalue weighted by atomic mass is 16.5. The summed E-state index contributed by atoms with van der Waals surface area (Å²) in [6, 6.07) is 17.7. The second kappa shape index (κ2) is 4.49. The van der Waals surface area contributed by atoms with Gasteiger partial charge in [-0.05, 0) is 17.2 Å². The molecule has 0 unspecified atom stereocenters. The van der Waals surface area contributed by atoms with Gasteiger partial charge in [-0.1, -0.05) is 54.6 Å². The quantitative estimate of drug-likeness (QED) is 0.710. The monoisotopic (exact) mass is 236 g/mol. The van der Waals surface area contributed by atoms with E-state index in [1.54, 1.807) is 0 Å². The molecule has 0 aromatic heterocycles. The average Bonchev–Trinajstić information content (AvgIpc) is 2.40. The van der Waals surface area contributed by atoms with E-state index in [9.17, 15) is 4.79 Å². The van der Waals surface area contributed by atoms with Crippen LogP contribution in [0.2, 0.25) is 0 Å². The van der Waals surface area contributed by atoms with Gasteiger partial charge < -0.3 is 4.74 Å². The predicted molar refractivity (Wildman–Crippen MR) is 70.6 cm³/mol. The first-order chi connectivity index (χ1) is 8.83. The molecule has 0 radical (unpaired) electrons. The van der Waals surface area contributed by atoms with Crippen molar-refractivity contribution in [2.24, 2.45) is 0 Å². The Labute approximate surface area is 106 Å². The molecule has 0 atom stereocenters. The number of cyclic esters (lactones) is 1. The van der Waals surface area contributed by atoms with E-state index in [0.717, 1.165) is 16.7 Å². The number of hydrogen-bond donors (Lipinski definition) is 0. The number of hydrogen-bond acceptors (Lipinski definition) is 2. The van der Waals surface area contributed by atoms with Crippen molar-refractivity contribution < 1.29 is 9.53 Å². The lowest BCUT2D eigenvalue weighted by atomic mass is 9.99. The minimum atomic E-state index is -0.198. The van der Waals surface area contributed by atoms with Gasteiger partial charge in [0.25, 0.3) is 0 Å². The SMILES string of the molecule is O=C1Cc2ccccc2/C(=C/c2ccccc2)O1. The summed E-state index contributed by atoms with van der Waals surface area (Å²) in [5, 5.41) is 0. The van der Waals surface area contributed by atoms with Crippen LogP contribution >= 0.6 is 0 Å². The summed E-state index contributed by atoms with van der Waals surface area (Å²) in [6.45, 7) is 0. The van der Waals surface area contributed by atoms with Gasteiger partial charge in [-0.15, -0.1) is 0 Å². The second-order valence-electron chi connectivity index (χ2n) is 4.23. The van der Waals surface area contributed by atoms with Crippen molar-refractivity contribution >= 4 is 17.8 Å². The van der Waals surface area contributed by atoms with Crippen molar-refractivity contribution in [2.45, 2.75) is 6.42 Å². The van der Waals surface area contributed by atoms with Crippen LogP contribution in [0.15, 0.2) is 54.6 Å². The van der Waals surface area contributed by atoms with Crippen LogP contribution in [-0.2, 0) is 16.0 Å². The molecule has 1 heterocycles. The number of ether oxygens (including phenoxy) is 1. The van der Waals surface area contributed by atoms with Gasteiger partial charge in [-0.2, -0.15) is 0 Å². The zero-order valence-corrected chi connectivity index (χ0v) is 9.80. The number of esters is 1. The van der Waals surface area contributed by atoms with Crippen molar-refractivity contribution in [3.05, 3.63) is 71.3 Å². The fourth-order valence-corrected chi connectivity index (χ4v) is 2.09. The molecule has 0 saturated carbocycles. The molecule has 0 amide bonds. The maximum atomic E-state index is 11.6. The van der Waals surface area contributed by atoms with E-state index in [1.807, 2.05) is 60.7 Å². The summed E-state index contributed by atoms with van der Waals surface area (Å²) in [4.78, 5) is 11.6. The lowest BCUT2D eigenvalue weighted by molar-refractivity contribution is -0.136. The van der Waals surface area contributed by atoms with Crippen LogP contribution < -0.4 is 0 Å². The zero-order chi connectivity index (χ0) is 12.4. The van der Waals surface area contributed by atoms with E-state index in [-0.39, 0.29) is 5.97 Å². The van der Waals surface area contributed by atoms with Gasteiger partial charge in [-0.3, -0.25) is 4.79 Å². The molecule has 0 spiro atoms. The van der Waals surface area contributed by atoms with Gasteiger partial charge in [0.1, 0.15) is 5.76 Å². The molecule has 0 bridgehead atoms. The van der Waals surface area contributed by atoms with Crippen LogP contribution in [0.3, 0.4) is 0 Å². The Morgan fingerprint density at radius 1 is 0.944 bits per heavy atom. The molecule has 88 valence electrons. The molecule has 3 rings (SSSR count). The summed E-state index contributed by atoms with van der Waals surface area (Å²) >= 11 is 0. The first-order valence-corrected chi connectivity index (χ1v) is 5.88. The van der Waals surface area contributed by atoms with Crippen molar-refractivity contribution in [1.82, 2.24) is 0 Å². The van der Waals surface area contributed by atoms with Crippen molar-refractivity contribution in [3.8, 4) is 0 Å². The van der Waals surface area contributed by atoms with Gasteiger partial charge in [0.05, 0.1) is 6.42 Å². The average molecular weight is 236 g/mol. The van der Waals surface area contributed by atoms with E-state index in [0.29, 0.717) is 12.2 Å². The lowest BCUT2D eigenvalue weighted by Gasteiger charge is -2.18. The molecular formula is C16H12O2. The normalized spacial score (nSPS) is 16.2. The Hall–Kier alpha value is -2.35. The Balaban J connectivity index is 2.08. The molecule has 1 aliphatic rings. The van der Waals surface area contributed by atoms with Crippen LogP contribution in [-0.4, -0.2) is 5.97 Å². The maximum Gasteiger partial charge on any atom is 0.315 e. The third kappa shape index (κ3) is 2.05. The van der Waals surface area contributed by atoms with Crippen LogP contribution in [0.25, 0.3) is 11.8 Å². The molecule has 2 heteroatoms. The fourth-order valence-electron chi connectivity index (χ4n) is 2.09. The minimum Gasteiger partial charge on any atom is -0.426 e. The Morgan fingerprint density at radius 2 is 1.67 bits per heavy atom. The van der Waals surface area contributed by atoms with E-state index in [2.05, 4.69) is 0 Å². The first kappa shape index (κ1) is 10.8. The molecule has 2 nitrogen and oxygen atoms in total. The molecule has 0 aliphatic carbocycles. The number of fused-ring (bicyclic) bond motifs is 1. The summed E-state index contributed by atoms with van der Waals surface area (Å²) in [7, 11) is 0. The second-order valence-corrected chi connectivity index (χ2v) is 4.23. The predicted octanol–water partition coefficient (Wildman–Crippen LogP) is 3.28. The van der Waals surface area contributed by atoms with E-state index < -0.39 is 0 Å². The fraction of sp³-hybridized carbons (Fsp3) is 0.0625. The smallest absolute Gasteiger partial charge is 0.315 e. The summed E-state index contributed by atoms with van der Waals surface area (Å²) in [5.74, 6) is 0.434. The zero-order valence-electron chi connectivity index (χ0n) is 9.80. The van der Waals surface area contributed by atoms with Gasteiger partial charge >= 0.3 is 5.97 Å². The molecule has 2 aromatic rings. The molecule has 0 N–H and O–H groups in total. The maximum absolute atomic E-state index is 11.6. The molecule has 2 aromatic carbocycles. The Morgan fingerprint density at radius 3 is 2.50 bits per heavy atom.